The lowest BCUT2D eigenvalue weighted by Gasteiger charge is -2.12. The van der Waals surface area contributed by atoms with Gasteiger partial charge in [-0.1, -0.05) is 41.9 Å². The molecule has 0 aliphatic rings. The zero-order valence-electron chi connectivity index (χ0n) is 17.0. The molecule has 0 aliphatic carbocycles. The lowest BCUT2D eigenvalue weighted by Crippen LogP contribution is -2.18. The predicted molar refractivity (Wildman–Crippen MR) is 131 cm³/mol. The topological polar surface area (TPSA) is 95.5 Å². The summed E-state index contributed by atoms with van der Waals surface area (Å²) in [5.74, 6) is -2.11. The molecule has 0 atom stereocenters. The molecular weight excluding hydrogens is 460 g/mol. The van der Waals surface area contributed by atoms with Gasteiger partial charge in [0.15, 0.2) is 0 Å². The van der Waals surface area contributed by atoms with E-state index in [0.29, 0.717) is 15.6 Å². The zero-order valence-corrected chi connectivity index (χ0v) is 18.6. The van der Waals surface area contributed by atoms with Crippen LogP contribution in [0.1, 0.15) is 30.4 Å². The van der Waals surface area contributed by atoms with Crippen LogP contribution in [0.3, 0.4) is 0 Å². The van der Waals surface area contributed by atoms with Crippen LogP contribution in [-0.2, 0) is 0 Å². The van der Waals surface area contributed by atoms with Crippen LogP contribution < -0.4 is 10.6 Å². The van der Waals surface area contributed by atoms with E-state index < -0.39 is 17.8 Å². The minimum Gasteiger partial charge on any atom is -0.478 e. The summed E-state index contributed by atoms with van der Waals surface area (Å²) in [6.45, 7) is 0. The van der Waals surface area contributed by atoms with E-state index in [1.165, 1.54) is 29.5 Å². The smallest absolute Gasteiger partial charge is 0.335 e. The van der Waals surface area contributed by atoms with E-state index in [-0.39, 0.29) is 16.8 Å². The number of thiophene rings is 1. The number of carboxylic acids is 1. The summed E-state index contributed by atoms with van der Waals surface area (Å²) < 4.78 is 0. The second-order valence-corrected chi connectivity index (χ2v) is 8.53. The molecule has 3 aromatic carbocycles. The van der Waals surface area contributed by atoms with Gasteiger partial charge in [-0.3, -0.25) is 9.59 Å². The molecule has 8 heteroatoms. The molecular formula is C25H17ClN2O4S. The number of nitrogens with one attached hydrogen (secondary N) is 2. The molecule has 1 aromatic heterocycles. The van der Waals surface area contributed by atoms with Gasteiger partial charge in [0.2, 0.25) is 0 Å². The Morgan fingerprint density at radius 2 is 1.52 bits per heavy atom. The van der Waals surface area contributed by atoms with Crippen molar-refractivity contribution < 1.29 is 19.5 Å². The van der Waals surface area contributed by atoms with Crippen LogP contribution in [0.25, 0.3) is 10.4 Å². The molecule has 2 amide bonds. The van der Waals surface area contributed by atoms with E-state index in [1.54, 1.807) is 30.3 Å². The summed E-state index contributed by atoms with van der Waals surface area (Å²) in [7, 11) is 0. The first kappa shape index (κ1) is 22.3. The van der Waals surface area contributed by atoms with Crippen molar-refractivity contribution in [2.24, 2.45) is 0 Å². The van der Waals surface area contributed by atoms with Gasteiger partial charge >= 0.3 is 5.97 Å². The van der Waals surface area contributed by atoms with Crippen molar-refractivity contribution >= 4 is 52.1 Å². The minimum absolute atomic E-state index is 0.0514. The highest BCUT2D eigenvalue weighted by Crippen LogP contribution is 2.29. The van der Waals surface area contributed by atoms with Crippen LogP contribution in [0, 0.1) is 0 Å². The summed E-state index contributed by atoms with van der Waals surface area (Å²) >= 11 is 7.18. The van der Waals surface area contributed by atoms with E-state index in [4.69, 9.17) is 11.6 Å². The number of halogens is 1. The Kier molecular flexibility index (Phi) is 6.53. The number of hydrogen-bond donors (Lipinski definition) is 3. The van der Waals surface area contributed by atoms with Crippen molar-refractivity contribution in [2.75, 3.05) is 10.6 Å². The number of hydrogen-bond acceptors (Lipinski definition) is 4. The maximum Gasteiger partial charge on any atom is 0.335 e. The van der Waals surface area contributed by atoms with E-state index in [2.05, 4.69) is 10.6 Å². The first-order valence-electron chi connectivity index (χ1n) is 9.81. The third-order valence-corrected chi connectivity index (χ3v) is 6.13. The number of carbonyl (C=O) groups is 3. The highest BCUT2D eigenvalue weighted by atomic mass is 35.5. The van der Waals surface area contributed by atoms with Gasteiger partial charge in [0, 0.05) is 15.6 Å². The van der Waals surface area contributed by atoms with Crippen molar-refractivity contribution in [3.8, 4) is 10.4 Å². The maximum absolute atomic E-state index is 12.9. The molecule has 164 valence electrons. The van der Waals surface area contributed by atoms with Crippen molar-refractivity contribution in [1.29, 1.82) is 0 Å². The molecule has 0 spiro atoms. The Hall–Kier alpha value is -3.94. The quantitative estimate of drug-likeness (QED) is 0.305. The predicted octanol–water partition coefficient (Wildman–Crippen LogP) is 6.27. The van der Waals surface area contributed by atoms with Crippen LogP contribution >= 0.6 is 22.9 Å². The second-order valence-electron chi connectivity index (χ2n) is 7.01. The van der Waals surface area contributed by atoms with Gasteiger partial charge in [-0.15, -0.1) is 11.3 Å². The lowest BCUT2D eigenvalue weighted by atomic mass is 10.1. The highest BCUT2D eigenvalue weighted by molar-refractivity contribution is 7.17. The molecule has 3 N–H and O–H groups in total. The van der Waals surface area contributed by atoms with Gasteiger partial charge < -0.3 is 15.7 Å². The number of amides is 2. The fraction of sp³-hybridized carbons (Fsp3) is 0. The Labute approximate surface area is 198 Å². The molecule has 0 radical (unpaired) electrons. The van der Waals surface area contributed by atoms with Crippen molar-refractivity contribution in [3.05, 3.63) is 106 Å². The Bertz CT molecular complexity index is 1330. The second kappa shape index (κ2) is 9.68. The number of carbonyl (C=O) groups excluding carboxylic acids is 2. The molecule has 0 aliphatic heterocycles. The van der Waals surface area contributed by atoms with Crippen molar-refractivity contribution in [2.45, 2.75) is 0 Å². The first-order chi connectivity index (χ1) is 15.9. The number of anilines is 2. The molecule has 0 saturated carbocycles. The number of carboxylic acid groups (broad SMARTS) is 1. The standard InChI is InChI=1S/C25H17ClN2O4S/c26-17-7-9-18(10-8-17)27-23(29)19-11-6-16(25(31)32)14-20(19)28-24(30)22-13-12-21(33-22)15-4-2-1-3-5-15/h1-14H,(H,27,29)(H,28,30)(H,31,32). The number of rotatable bonds is 6. The maximum atomic E-state index is 12.9. The van der Waals surface area contributed by atoms with Gasteiger partial charge in [0.1, 0.15) is 0 Å². The molecule has 1 heterocycles. The van der Waals surface area contributed by atoms with Gasteiger partial charge in [0.25, 0.3) is 11.8 Å². The third kappa shape index (κ3) is 5.28. The summed E-state index contributed by atoms with van der Waals surface area (Å²) in [4.78, 5) is 38.6. The van der Waals surface area contributed by atoms with Gasteiger partial charge in [0.05, 0.1) is 21.7 Å². The van der Waals surface area contributed by atoms with Gasteiger partial charge in [-0.25, -0.2) is 4.79 Å². The van der Waals surface area contributed by atoms with E-state index in [1.807, 2.05) is 36.4 Å². The third-order valence-electron chi connectivity index (χ3n) is 4.75. The highest BCUT2D eigenvalue weighted by Gasteiger charge is 2.18. The van der Waals surface area contributed by atoms with Crippen LogP contribution in [0.15, 0.2) is 84.9 Å². The Morgan fingerprint density at radius 3 is 2.21 bits per heavy atom. The van der Waals surface area contributed by atoms with Crippen molar-refractivity contribution in [1.82, 2.24) is 0 Å². The SMILES string of the molecule is O=C(O)c1ccc(C(=O)Nc2ccc(Cl)cc2)c(NC(=O)c2ccc(-c3ccccc3)s2)c1. The fourth-order valence-electron chi connectivity index (χ4n) is 3.11. The molecule has 4 aromatic rings. The monoisotopic (exact) mass is 476 g/mol. The lowest BCUT2D eigenvalue weighted by molar-refractivity contribution is 0.0696. The molecule has 0 unspecified atom stereocenters. The fourth-order valence-corrected chi connectivity index (χ4v) is 4.14. The Morgan fingerprint density at radius 1 is 0.788 bits per heavy atom. The summed E-state index contributed by atoms with van der Waals surface area (Å²) in [6.07, 6.45) is 0. The molecule has 33 heavy (non-hydrogen) atoms. The van der Waals surface area contributed by atoms with Crippen molar-refractivity contribution in [3.63, 3.8) is 0 Å². The normalized spacial score (nSPS) is 10.5. The van der Waals surface area contributed by atoms with E-state index in [9.17, 15) is 19.5 Å². The molecule has 0 saturated heterocycles. The number of aromatic carboxylic acids is 1. The number of benzene rings is 3. The molecule has 0 bridgehead atoms. The average Bonchev–Trinajstić information content (AvgIpc) is 3.31. The largest absolute Gasteiger partial charge is 0.478 e. The molecule has 6 nitrogen and oxygen atoms in total. The summed E-state index contributed by atoms with van der Waals surface area (Å²) in [5.41, 5.74) is 1.67. The minimum atomic E-state index is -1.17. The average molecular weight is 477 g/mol. The Balaban J connectivity index is 1.60. The summed E-state index contributed by atoms with van der Waals surface area (Å²) in [6, 6.07) is 23.7. The van der Waals surface area contributed by atoms with Crippen LogP contribution in [0.5, 0.6) is 0 Å². The van der Waals surface area contributed by atoms with Crippen LogP contribution in [0.4, 0.5) is 11.4 Å². The van der Waals surface area contributed by atoms with Gasteiger partial charge in [-0.2, -0.15) is 0 Å². The van der Waals surface area contributed by atoms with Crippen LogP contribution in [-0.4, -0.2) is 22.9 Å². The summed E-state index contributed by atoms with van der Waals surface area (Å²) in [5, 5.41) is 15.3. The zero-order chi connectivity index (χ0) is 23.4. The molecule has 4 rings (SSSR count). The van der Waals surface area contributed by atoms with Crippen LogP contribution in [0.2, 0.25) is 5.02 Å². The van der Waals surface area contributed by atoms with E-state index >= 15 is 0 Å². The van der Waals surface area contributed by atoms with Gasteiger partial charge in [-0.05, 0) is 60.2 Å². The first-order valence-corrected chi connectivity index (χ1v) is 11.0. The molecule has 0 fully saturated rings. The van der Waals surface area contributed by atoms with E-state index in [0.717, 1.165) is 10.4 Å².